The number of benzene rings is 3. The van der Waals surface area contributed by atoms with E-state index < -0.39 is 17.7 Å². The van der Waals surface area contributed by atoms with E-state index in [2.05, 4.69) is 25.1 Å². The van der Waals surface area contributed by atoms with Crippen LogP contribution in [0.3, 0.4) is 0 Å². The number of fused-ring (bicyclic) bond motifs is 1. The molecule has 4 aromatic rings. The van der Waals surface area contributed by atoms with Gasteiger partial charge in [0.15, 0.2) is 6.10 Å². The largest absolute Gasteiger partial charge is 0.493 e. The van der Waals surface area contributed by atoms with Gasteiger partial charge >= 0.3 is 5.97 Å². The quantitative estimate of drug-likeness (QED) is 0.378. The van der Waals surface area contributed by atoms with Crippen molar-refractivity contribution < 1.29 is 19.4 Å². The lowest BCUT2D eigenvalue weighted by Crippen LogP contribution is -2.28. The van der Waals surface area contributed by atoms with E-state index >= 15 is 0 Å². The molecular weight excluding hydrogens is 426 g/mol. The molecule has 0 unspecified atom stereocenters. The Morgan fingerprint density at radius 1 is 1.09 bits per heavy atom. The van der Waals surface area contributed by atoms with Crippen LogP contribution in [0.4, 0.5) is 0 Å². The van der Waals surface area contributed by atoms with E-state index in [1.807, 2.05) is 58.2 Å². The van der Waals surface area contributed by atoms with Crippen LogP contribution in [-0.2, 0) is 16.0 Å². The molecule has 5 rings (SSSR count). The van der Waals surface area contributed by atoms with Gasteiger partial charge in [0, 0.05) is 29.1 Å². The number of rotatable bonds is 4. The Morgan fingerprint density at radius 2 is 1.88 bits per heavy atom. The first kappa shape index (κ1) is 22.4. The van der Waals surface area contributed by atoms with Crippen molar-refractivity contribution in [3.63, 3.8) is 0 Å². The van der Waals surface area contributed by atoms with Crippen molar-refractivity contribution in [2.45, 2.75) is 52.7 Å². The summed E-state index contributed by atoms with van der Waals surface area (Å²) in [5.74, 6) is -0.186. The molecule has 0 amide bonds. The lowest BCUT2D eigenvalue weighted by molar-refractivity contribution is -0.160. The minimum Gasteiger partial charge on any atom is -0.493 e. The van der Waals surface area contributed by atoms with Gasteiger partial charge in [0.25, 0.3) is 0 Å². The lowest BCUT2D eigenvalue weighted by atomic mass is 9.84. The molecule has 0 aliphatic carbocycles. The number of hydrogen-bond donors (Lipinski definition) is 1. The highest BCUT2D eigenvalue weighted by Gasteiger charge is 2.32. The van der Waals surface area contributed by atoms with Crippen LogP contribution in [0, 0.1) is 13.8 Å². The molecule has 5 nitrogen and oxygen atoms in total. The van der Waals surface area contributed by atoms with Crippen molar-refractivity contribution >= 4 is 27.6 Å². The summed E-state index contributed by atoms with van der Waals surface area (Å²) in [6, 6.07) is 14.3. The summed E-state index contributed by atoms with van der Waals surface area (Å²) >= 11 is 0. The maximum absolute atomic E-state index is 12.6. The summed E-state index contributed by atoms with van der Waals surface area (Å²) in [6.45, 7) is 10.3. The summed E-state index contributed by atoms with van der Waals surface area (Å²) in [5.41, 5.74) is 5.82. The predicted octanol–water partition coefficient (Wildman–Crippen LogP) is 6.55. The smallest absolute Gasteiger partial charge is 0.337 e. The van der Waals surface area contributed by atoms with E-state index in [0.29, 0.717) is 12.2 Å². The molecule has 0 saturated carbocycles. The first-order valence-electron chi connectivity index (χ1n) is 11.6. The van der Waals surface area contributed by atoms with Crippen molar-refractivity contribution in [2.75, 3.05) is 6.61 Å². The van der Waals surface area contributed by atoms with E-state index in [0.717, 1.165) is 56.1 Å². The molecule has 0 fully saturated rings. The number of pyridine rings is 1. The first-order chi connectivity index (χ1) is 16.2. The van der Waals surface area contributed by atoms with Gasteiger partial charge in [0.2, 0.25) is 0 Å². The highest BCUT2D eigenvalue weighted by Crippen LogP contribution is 2.45. The van der Waals surface area contributed by atoms with E-state index in [1.165, 1.54) is 5.56 Å². The molecule has 1 aliphatic heterocycles. The molecule has 34 heavy (non-hydrogen) atoms. The maximum atomic E-state index is 12.6. The molecule has 1 atom stereocenters. The summed E-state index contributed by atoms with van der Waals surface area (Å²) in [6.07, 6.45) is 1.53. The van der Waals surface area contributed by atoms with E-state index in [9.17, 15) is 9.90 Å². The van der Waals surface area contributed by atoms with Gasteiger partial charge in [0.05, 0.1) is 17.7 Å². The molecule has 174 valence electrons. The van der Waals surface area contributed by atoms with Gasteiger partial charge in [0.1, 0.15) is 5.75 Å². The Morgan fingerprint density at radius 3 is 2.62 bits per heavy atom. The normalized spacial score (nSPS) is 14.3. The van der Waals surface area contributed by atoms with Crippen molar-refractivity contribution in [2.24, 2.45) is 0 Å². The fourth-order valence-corrected chi connectivity index (χ4v) is 5.04. The van der Waals surface area contributed by atoms with Crippen LogP contribution >= 0.6 is 0 Å². The van der Waals surface area contributed by atoms with Gasteiger partial charge in [-0.15, -0.1) is 0 Å². The van der Waals surface area contributed by atoms with Gasteiger partial charge in [-0.3, -0.25) is 4.98 Å². The Hall–Kier alpha value is -3.44. The van der Waals surface area contributed by atoms with E-state index in [4.69, 9.17) is 14.5 Å². The van der Waals surface area contributed by atoms with Gasteiger partial charge in [-0.05, 0) is 85.8 Å². The summed E-state index contributed by atoms with van der Waals surface area (Å²) in [4.78, 5) is 17.4. The van der Waals surface area contributed by atoms with Crippen LogP contribution in [0.5, 0.6) is 5.75 Å². The molecule has 1 N–H and O–H groups in total. The summed E-state index contributed by atoms with van der Waals surface area (Å²) in [7, 11) is 0. The fraction of sp³-hybridized carbons (Fsp3) is 0.310. The van der Waals surface area contributed by atoms with Crippen LogP contribution in [0.25, 0.3) is 32.8 Å². The van der Waals surface area contributed by atoms with Crippen LogP contribution in [0.15, 0.2) is 48.7 Å². The standard InChI is InChI=1S/C29H29NO4/c1-16-7-6-8-19-21(16)15-17(2)23(27(28(31)32)34-29(3,4)5)25(19)20-9-10-22-24-18(12-14-33-22)11-13-30-26(20)24/h6-11,13,15,27H,12,14H2,1-5H3,(H,31,32)/t27-/m1/s1. The molecule has 1 aromatic heterocycles. The van der Waals surface area contributed by atoms with Crippen LogP contribution in [-0.4, -0.2) is 28.3 Å². The first-order valence-corrected chi connectivity index (χ1v) is 11.6. The number of hydrogen-bond acceptors (Lipinski definition) is 4. The minimum absolute atomic E-state index is 0.639. The van der Waals surface area contributed by atoms with Crippen LogP contribution in [0.2, 0.25) is 0 Å². The topological polar surface area (TPSA) is 68.7 Å². The number of nitrogens with zero attached hydrogens (tertiary/aromatic N) is 1. The molecule has 0 spiro atoms. The third kappa shape index (κ3) is 3.70. The number of carboxylic acid groups (broad SMARTS) is 1. The molecule has 0 radical (unpaired) electrons. The number of aliphatic carboxylic acids is 1. The van der Waals surface area contributed by atoms with Crippen LogP contribution in [0.1, 0.15) is 49.1 Å². The molecule has 2 heterocycles. The zero-order valence-electron chi connectivity index (χ0n) is 20.2. The fourth-order valence-electron chi connectivity index (χ4n) is 5.04. The third-order valence-electron chi connectivity index (χ3n) is 6.44. The molecule has 3 aromatic carbocycles. The number of aryl methyl sites for hydroxylation is 2. The van der Waals surface area contributed by atoms with Crippen molar-refractivity contribution in [3.8, 4) is 16.9 Å². The second kappa shape index (κ2) is 8.10. The zero-order chi connectivity index (χ0) is 24.2. The average molecular weight is 456 g/mol. The summed E-state index contributed by atoms with van der Waals surface area (Å²) in [5, 5.41) is 13.4. The third-order valence-corrected chi connectivity index (χ3v) is 6.44. The zero-order valence-corrected chi connectivity index (χ0v) is 20.2. The molecule has 5 heteroatoms. The monoisotopic (exact) mass is 455 g/mol. The Bertz CT molecular complexity index is 1440. The van der Waals surface area contributed by atoms with E-state index in [1.54, 1.807) is 0 Å². The number of carbonyl (C=O) groups is 1. The second-order valence-corrected chi connectivity index (χ2v) is 10.0. The van der Waals surface area contributed by atoms with Crippen molar-refractivity contribution in [1.82, 2.24) is 4.98 Å². The molecule has 1 aliphatic rings. The van der Waals surface area contributed by atoms with E-state index in [-0.39, 0.29) is 0 Å². The van der Waals surface area contributed by atoms with Gasteiger partial charge in [-0.2, -0.15) is 0 Å². The second-order valence-electron chi connectivity index (χ2n) is 10.0. The van der Waals surface area contributed by atoms with Gasteiger partial charge in [-0.25, -0.2) is 4.79 Å². The maximum Gasteiger partial charge on any atom is 0.337 e. The molecule has 0 saturated heterocycles. The van der Waals surface area contributed by atoms with Crippen molar-refractivity contribution in [1.29, 1.82) is 0 Å². The number of carboxylic acids is 1. The number of ether oxygens (including phenoxy) is 2. The highest BCUT2D eigenvalue weighted by atomic mass is 16.5. The average Bonchev–Trinajstić information content (AvgIpc) is 2.78. The number of aromatic nitrogens is 1. The predicted molar refractivity (Wildman–Crippen MR) is 135 cm³/mol. The SMILES string of the molecule is Cc1cc2c(C)cccc2c(-c2ccc3c4c(ccnc24)CCO3)c1[C@@H](OC(C)(C)C)C(=O)O. The van der Waals surface area contributed by atoms with Crippen LogP contribution < -0.4 is 4.74 Å². The van der Waals surface area contributed by atoms with Gasteiger partial charge in [-0.1, -0.05) is 24.3 Å². The Kier molecular flexibility index (Phi) is 5.33. The highest BCUT2D eigenvalue weighted by molar-refractivity contribution is 6.09. The Labute approximate surface area is 199 Å². The minimum atomic E-state index is -1.12. The Balaban J connectivity index is 1.93. The summed E-state index contributed by atoms with van der Waals surface area (Å²) < 4.78 is 12.1. The molecular formula is C29H29NO4. The van der Waals surface area contributed by atoms with Crippen molar-refractivity contribution in [3.05, 3.63) is 70.9 Å². The lowest BCUT2D eigenvalue weighted by Gasteiger charge is -2.29. The molecule has 0 bridgehead atoms. The van der Waals surface area contributed by atoms with Gasteiger partial charge < -0.3 is 14.6 Å².